The normalized spacial score (nSPS) is 11.1. The summed E-state index contributed by atoms with van der Waals surface area (Å²) in [6, 6.07) is 21.5. The molecule has 0 fully saturated rings. The third-order valence-electron chi connectivity index (χ3n) is 4.68. The van der Waals surface area contributed by atoms with Crippen LogP contribution in [0.2, 0.25) is 0 Å². The fourth-order valence-electron chi connectivity index (χ4n) is 3.11. The highest BCUT2D eigenvalue weighted by Gasteiger charge is 2.21. The number of carbonyl (C=O) groups excluding carboxylic acids is 2. The lowest BCUT2D eigenvalue weighted by atomic mass is 10.0. The monoisotopic (exact) mass is 457 g/mol. The molecule has 0 aliphatic heterocycles. The van der Waals surface area contributed by atoms with Gasteiger partial charge in [0.1, 0.15) is 11.9 Å². The second-order valence-electron chi connectivity index (χ2n) is 8.45. The average Bonchev–Trinajstić information content (AvgIpc) is 3.38. The molecular formula is C25H23N5O4. The number of hydrogen-bond acceptors (Lipinski definition) is 7. The predicted molar refractivity (Wildman–Crippen MR) is 125 cm³/mol. The highest BCUT2D eigenvalue weighted by atomic mass is 17.2. The SMILES string of the molecule is CC(C)(C)OOC(=O)c1ccc(-c2ccccc2)cc1NC(=O)c1cccc(-n2cnnn2)c1. The molecule has 1 heterocycles. The van der Waals surface area contributed by atoms with E-state index in [-0.39, 0.29) is 5.56 Å². The van der Waals surface area contributed by atoms with Crippen LogP contribution in [0.4, 0.5) is 5.69 Å². The fraction of sp³-hybridized carbons (Fsp3) is 0.160. The standard InChI is InChI=1S/C25H23N5O4/c1-25(2,3)34-33-24(32)21-13-12-18(17-8-5-4-6-9-17)15-22(21)27-23(31)19-10-7-11-20(14-19)30-16-26-28-29-30/h4-16H,1-3H3,(H,27,31). The van der Waals surface area contributed by atoms with Crippen molar-refractivity contribution in [2.75, 3.05) is 5.32 Å². The van der Waals surface area contributed by atoms with Crippen molar-refractivity contribution in [3.8, 4) is 16.8 Å². The number of nitrogens with one attached hydrogen (secondary N) is 1. The Morgan fingerprint density at radius 3 is 2.41 bits per heavy atom. The number of aromatic nitrogens is 4. The van der Waals surface area contributed by atoms with Gasteiger partial charge in [0.2, 0.25) is 0 Å². The van der Waals surface area contributed by atoms with Crippen LogP contribution in [-0.2, 0) is 9.78 Å². The van der Waals surface area contributed by atoms with E-state index >= 15 is 0 Å². The average molecular weight is 457 g/mol. The number of amides is 1. The molecule has 1 aromatic heterocycles. The summed E-state index contributed by atoms with van der Waals surface area (Å²) in [6.45, 7) is 5.29. The third-order valence-corrected chi connectivity index (χ3v) is 4.68. The molecule has 0 aliphatic carbocycles. The Bertz CT molecular complexity index is 1300. The maximum absolute atomic E-state index is 13.1. The van der Waals surface area contributed by atoms with Crippen molar-refractivity contribution in [3.05, 3.63) is 90.3 Å². The van der Waals surface area contributed by atoms with E-state index in [1.165, 1.54) is 11.0 Å². The summed E-state index contributed by atoms with van der Waals surface area (Å²) < 4.78 is 1.44. The van der Waals surface area contributed by atoms with Crippen molar-refractivity contribution in [2.45, 2.75) is 26.4 Å². The second-order valence-corrected chi connectivity index (χ2v) is 8.45. The summed E-state index contributed by atoms with van der Waals surface area (Å²) in [5, 5.41) is 13.9. The van der Waals surface area contributed by atoms with Crippen molar-refractivity contribution in [3.63, 3.8) is 0 Å². The number of carbonyl (C=O) groups is 2. The first-order valence-electron chi connectivity index (χ1n) is 10.5. The van der Waals surface area contributed by atoms with Crippen LogP contribution in [0, 0.1) is 0 Å². The van der Waals surface area contributed by atoms with E-state index in [0.29, 0.717) is 16.9 Å². The molecule has 0 atom stereocenters. The molecule has 4 rings (SSSR count). The molecule has 0 spiro atoms. The van der Waals surface area contributed by atoms with Gasteiger partial charge in [0.15, 0.2) is 0 Å². The molecule has 0 radical (unpaired) electrons. The largest absolute Gasteiger partial charge is 0.375 e. The summed E-state index contributed by atoms with van der Waals surface area (Å²) >= 11 is 0. The van der Waals surface area contributed by atoms with Crippen molar-refractivity contribution < 1.29 is 19.4 Å². The van der Waals surface area contributed by atoms with E-state index in [2.05, 4.69) is 20.8 Å². The number of nitrogens with zero attached hydrogens (tertiary/aromatic N) is 4. The summed E-state index contributed by atoms with van der Waals surface area (Å²) in [7, 11) is 0. The second kappa shape index (κ2) is 9.63. The van der Waals surface area contributed by atoms with Gasteiger partial charge in [0, 0.05) is 5.56 Å². The molecule has 1 N–H and O–H groups in total. The van der Waals surface area contributed by atoms with Crippen molar-refractivity contribution in [1.29, 1.82) is 0 Å². The van der Waals surface area contributed by atoms with Crippen LogP contribution in [0.3, 0.4) is 0 Å². The Labute approximate surface area is 196 Å². The first-order chi connectivity index (χ1) is 16.3. The van der Waals surface area contributed by atoms with E-state index in [9.17, 15) is 9.59 Å². The van der Waals surface area contributed by atoms with E-state index in [0.717, 1.165) is 11.1 Å². The van der Waals surface area contributed by atoms with Crippen LogP contribution in [-0.4, -0.2) is 37.7 Å². The summed E-state index contributed by atoms with van der Waals surface area (Å²) in [5.74, 6) is -1.13. The molecule has 4 aromatic rings. The Morgan fingerprint density at radius 1 is 0.912 bits per heavy atom. The van der Waals surface area contributed by atoms with Crippen molar-refractivity contribution in [2.24, 2.45) is 0 Å². The zero-order chi connectivity index (χ0) is 24.1. The maximum atomic E-state index is 13.1. The van der Waals surface area contributed by atoms with Crippen LogP contribution in [0.25, 0.3) is 16.8 Å². The van der Waals surface area contributed by atoms with Gasteiger partial charge in [0.25, 0.3) is 5.91 Å². The van der Waals surface area contributed by atoms with Gasteiger partial charge in [-0.05, 0) is 72.7 Å². The maximum Gasteiger partial charge on any atom is 0.375 e. The van der Waals surface area contributed by atoms with E-state index in [1.54, 1.807) is 63.2 Å². The number of rotatable bonds is 6. The van der Waals surface area contributed by atoms with Crippen molar-refractivity contribution >= 4 is 17.6 Å². The molecule has 172 valence electrons. The zero-order valence-corrected chi connectivity index (χ0v) is 18.9. The van der Waals surface area contributed by atoms with Gasteiger partial charge in [-0.25, -0.2) is 9.48 Å². The fourth-order valence-corrected chi connectivity index (χ4v) is 3.11. The van der Waals surface area contributed by atoms with Gasteiger partial charge in [-0.2, -0.15) is 4.89 Å². The van der Waals surface area contributed by atoms with E-state index in [4.69, 9.17) is 9.78 Å². The van der Waals surface area contributed by atoms with Gasteiger partial charge >= 0.3 is 5.97 Å². The molecule has 34 heavy (non-hydrogen) atoms. The third kappa shape index (κ3) is 5.51. The minimum Gasteiger partial charge on any atom is -0.321 e. The number of benzene rings is 3. The molecule has 0 saturated carbocycles. The van der Waals surface area contributed by atoms with E-state index < -0.39 is 17.5 Å². The van der Waals surface area contributed by atoms with Gasteiger partial charge in [0.05, 0.1) is 16.9 Å². The lowest BCUT2D eigenvalue weighted by molar-refractivity contribution is -0.301. The van der Waals surface area contributed by atoms with Gasteiger partial charge in [-0.1, -0.05) is 42.5 Å². The lowest BCUT2D eigenvalue weighted by Crippen LogP contribution is -2.23. The highest BCUT2D eigenvalue weighted by molar-refractivity contribution is 6.08. The molecule has 9 nitrogen and oxygen atoms in total. The predicted octanol–water partition coefficient (Wildman–Crippen LogP) is 4.47. The summed E-state index contributed by atoms with van der Waals surface area (Å²) in [6.07, 6.45) is 1.43. The molecule has 3 aromatic carbocycles. The lowest BCUT2D eigenvalue weighted by Gasteiger charge is -2.18. The Balaban J connectivity index is 1.66. The molecule has 1 amide bonds. The van der Waals surface area contributed by atoms with Crippen LogP contribution in [0.15, 0.2) is 79.1 Å². The Kier molecular flexibility index (Phi) is 6.46. The smallest absolute Gasteiger partial charge is 0.321 e. The number of anilines is 1. The highest BCUT2D eigenvalue weighted by Crippen LogP contribution is 2.27. The topological polar surface area (TPSA) is 108 Å². The van der Waals surface area contributed by atoms with Crippen LogP contribution < -0.4 is 5.32 Å². The summed E-state index contributed by atoms with van der Waals surface area (Å²) in [5.41, 5.74) is 2.52. The first-order valence-corrected chi connectivity index (χ1v) is 10.5. The van der Waals surface area contributed by atoms with Crippen LogP contribution in [0.1, 0.15) is 41.5 Å². The molecule has 0 aliphatic rings. The molecule has 0 unspecified atom stereocenters. The van der Waals surface area contributed by atoms with Crippen LogP contribution >= 0.6 is 0 Å². The minimum absolute atomic E-state index is 0.161. The Morgan fingerprint density at radius 2 is 1.71 bits per heavy atom. The van der Waals surface area contributed by atoms with Gasteiger partial charge < -0.3 is 5.32 Å². The molecule has 9 heteroatoms. The molecule has 0 bridgehead atoms. The first kappa shape index (κ1) is 22.8. The van der Waals surface area contributed by atoms with Gasteiger partial charge in [-0.15, -0.1) is 5.10 Å². The van der Waals surface area contributed by atoms with Gasteiger partial charge in [-0.3, -0.25) is 9.68 Å². The van der Waals surface area contributed by atoms with Crippen molar-refractivity contribution in [1.82, 2.24) is 20.2 Å². The number of tetrazole rings is 1. The quantitative estimate of drug-likeness (QED) is 0.336. The van der Waals surface area contributed by atoms with E-state index in [1.807, 2.05) is 30.3 Å². The van der Waals surface area contributed by atoms with Crippen LogP contribution in [0.5, 0.6) is 0 Å². The Hall–Kier alpha value is -4.37. The zero-order valence-electron chi connectivity index (χ0n) is 18.9. The number of hydrogen-bond donors (Lipinski definition) is 1. The summed E-state index contributed by atoms with van der Waals surface area (Å²) in [4.78, 5) is 36.1. The molecule has 0 saturated heterocycles. The minimum atomic E-state index is -0.715. The molecular weight excluding hydrogens is 434 g/mol.